The average molecular weight is 293 g/mol. The average Bonchev–Trinajstić information content (AvgIpc) is 2.93. The second kappa shape index (κ2) is 5.87. The predicted octanol–water partition coefficient (Wildman–Crippen LogP) is 0.118. The zero-order chi connectivity index (χ0) is 14.7. The molecular formula is C13H15N3O3S. The summed E-state index contributed by atoms with van der Waals surface area (Å²) >= 11 is 1.62. The summed E-state index contributed by atoms with van der Waals surface area (Å²) in [5.74, 6) is -0.418. The summed E-state index contributed by atoms with van der Waals surface area (Å²) in [5.41, 5.74) is -0.929. The van der Waals surface area contributed by atoms with Crippen LogP contribution in [0.5, 0.6) is 0 Å². The number of nitrogens with one attached hydrogen (secondary N) is 1. The molecule has 0 saturated carbocycles. The minimum atomic E-state index is -0.513. The van der Waals surface area contributed by atoms with Crippen molar-refractivity contribution in [2.24, 2.45) is 14.1 Å². The predicted molar refractivity (Wildman–Crippen MR) is 77.3 cm³/mol. The lowest BCUT2D eigenvalue weighted by Crippen LogP contribution is -2.41. The van der Waals surface area contributed by atoms with Gasteiger partial charge in [-0.25, -0.2) is 4.79 Å². The highest BCUT2D eigenvalue weighted by Gasteiger charge is 2.12. The van der Waals surface area contributed by atoms with Crippen LogP contribution in [0.1, 0.15) is 15.4 Å². The number of carbonyl (C=O) groups is 1. The van der Waals surface area contributed by atoms with Crippen LogP contribution in [0, 0.1) is 0 Å². The summed E-state index contributed by atoms with van der Waals surface area (Å²) in [6.45, 7) is 0.461. The summed E-state index contributed by atoms with van der Waals surface area (Å²) in [6.07, 6.45) is 0.724. The van der Waals surface area contributed by atoms with Crippen LogP contribution in [-0.4, -0.2) is 21.6 Å². The number of thiophene rings is 1. The molecule has 2 rings (SSSR count). The van der Waals surface area contributed by atoms with Gasteiger partial charge in [0.15, 0.2) is 0 Å². The van der Waals surface area contributed by atoms with Crippen LogP contribution in [0.2, 0.25) is 0 Å². The Morgan fingerprint density at radius 3 is 2.70 bits per heavy atom. The molecule has 1 N–H and O–H groups in total. The number of nitrogens with zero attached hydrogens (tertiary/aromatic N) is 2. The van der Waals surface area contributed by atoms with E-state index in [1.165, 1.54) is 29.6 Å². The van der Waals surface area contributed by atoms with Crippen molar-refractivity contribution in [1.82, 2.24) is 14.5 Å². The van der Waals surface area contributed by atoms with Gasteiger partial charge >= 0.3 is 5.69 Å². The van der Waals surface area contributed by atoms with Crippen LogP contribution in [0.4, 0.5) is 0 Å². The summed E-state index contributed by atoms with van der Waals surface area (Å²) < 4.78 is 2.13. The molecular weight excluding hydrogens is 278 g/mol. The van der Waals surface area contributed by atoms with E-state index in [1.54, 1.807) is 11.3 Å². The van der Waals surface area contributed by atoms with Gasteiger partial charge in [0.1, 0.15) is 5.69 Å². The molecule has 20 heavy (non-hydrogen) atoms. The first-order valence-corrected chi connectivity index (χ1v) is 6.96. The van der Waals surface area contributed by atoms with E-state index >= 15 is 0 Å². The molecule has 2 aromatic heterocycles. The Labute approximate surface area is 119 Å². The third-order valence-corrected chi connectivity index (χ3v) is 3.93. The summed E-state index contributed by atoms with van der Waals surface area (Å²) in [5, 5.41) is 4.69. The zero-order valence-corrected chi connectivity index (χ0v) is 12.1. The van der Waals surface area contributed by atoms with E-state index in [4.69, 9.17) is 0 Å². The Morgan fingerprint density at radius 2 is 2.05 bits per heavy atom. The van der Waals surface area contributed by atoms with E-state index < -0.39 is 17.2 Å². The van der Waals surface area contributed by atoms with Crippen LogP contribution in [0.3, 0.4) is 0 Å². The normalized spacial score (nSPS) is 10.5. The second-order valence-electron chi connectivity index (χ2n) is 4.35. The van der Waals surface area contributed by atoms with Gasteiger partial charge in [-0.3, -0.25) is 18.7 Å². The van der Waals surface area contributed by atoms with Gasteiger partial charge in [-0.2, -0.15) is 0 Å². The van der Waals surface area contributed by atoms with Crippen LogP contribution in [0.15, 0.2) is 33.2 Å². The number of aromatic nitrogens is 2. The third-order valence-electron chi connectivity index (χ3n) is 3.00. The molecule has 6 nitrogen and oxygen atoms in total. The molecule has 1 amide bonds. The molecule has 0 aliphatic rings. The summed E-state index contributed by atoms with van der Waals surface area (Å²) in [7, 11) is 2.85. The molecule has 106 valence electrons. The molecule has 0 bridgehead atoms. The Balaban J connectivity index is 2.10. The lowest BCUT2D eigenvalue weighted by molar-refractivity contribution is 0.0944. The fourth-order valence-corrected chi connectivity index (χ4v) is 2.50. The lowest BCUT2D eigenvalue weighted by Gasteiger charge is -2.09. The minimum Gasteiger partial charge on any atom is -0.350 e. The molecule has 0 saturated heterocycles. The SMILES string of the molecule is Cn1c(C(=O)NCCc2cccs2)cc(=O)n(C)c1=O. The molecule has 0 atom stereocenters. The fourth-order valence-electron chi connectivity index (χ4n) is 1.80. The van der Waals surface area contributed by atoms with Gasteiger partial charge < -0.3 is 5.32 Å². The standard InChI is InChI=1S/C13H15N3O3S/c1-15-10(8-11(17)16(2)13(15)19)12(18)14-6-5-9-4-3-7-20-9/h3-4,7-8H,5-6H2,1-2H3,(H,14,18). The maximum atomic E-state index is 12.0. The van der Waals surface area contributed by atoms with Crippen molar-refractivity contribution in [3.05, 3.63) is 55.0 Å². The molecule has 2 heterocycles. The van der Waals surface area contributed by atoms with E-state index in [9.17, 15) is 14.4 Å². The van der Waals surface area contributed by atoms with Crippen molar-refractivity contribution < 1.29 is 4.79 Å². The van der Waals surface area contributed by atoms with Crippen molar-refractivity contribution in [1.29, 1.82) is 0 Å². The summed E-state index contributed by atoms with van der Waals surface area (Å²) in [6, 6.07) is 5.11. The Hall–Kier alpha value is -2.15. The smallest absolute Gasteiger partial charge is 0.331 e. The number of carbonyl (C=O) groups excluding carboxylic acids is 1. The zero-order valence-electron chi connectivity index (χ0n) is 11.3. The maximum absolute atomic E-state index is 12.0. The topological polar surface area (TPSA) is 73.1 Å². The number of hydrogen-bond donors (Lipinski definition) is 1. The van der Waals surface area contributed by atoms with Crippen molar-refractivity contribution in [2.75, 3.05) is 6.54 Å². The largest absolute Gasteiger partial charge is 0.350 e. The molecule has 0 unspecified atom stereocenters. The van der Waals surface area contributed by atoms with Crippen LogP contribution >= 0.6 is 11.3 Å². The van der Waals surface area contributed by atoms with E-state index in [0.717, 1.165) is 11.0 Å². The van der Waals surface area contributed by atoms with E-state index in [-0.39, 0.29) is 5.69 Å². The quantitative estimate of drug-likeness (QED) is 0.870. The van der Waals surface area contributed by atoms with Crippen LogP contribution in [0.25, 0.3) is 0 Å². The molecule has 0 spiro atoms. The van der Waals surface area contributed by atoms with Gasteiger partial charge in [0, 0.05) is 31.6 Å². The Morgan fingerprint density at radius 1 is 1.30 bits per heavy atom. The van der Waals surface area contributed by atoms with E-state index in [2.05, 4.69) is 5.32 Å². The maximum Gasteiger partial charge on any atom is 0.331 e. The number of rotatable bonds is 4. The van der Waals surface area contributed by atoms with Crippen molar-refractivity contribution >= 4 is 17.2 Å². The number of amides is 1. The van der Waals surface area contributed by atoms with Gasteiger partial charge in [-0.15, -0.1) is 11.3 Å². The Kier molecular flexibility index (Phi) is 4.19. The van der Waals surface area contributed by atoms with Gasteiger partial charge in [0.25, 0.3) is 11.5 Å². The fraction of sp³-hybridized carbons (Fsp3) is 0.308. The highest BCUT2D eigenvalue weighted by Crippen LogP contribution is 2.08. The van der Waals surface area contributed by atoms with Crippen LogP contribution in [-0.2, 0) is 20.5 Å². The summed E-state index contributed by atoms with van der Waals surface area (Å²) in [4.78, 5) is 36.4. The highest BCUT2D eigenvalue weighted by molar-refractivity contribution is 7.09. The molecule has 0 aliphatic heterocycles. The first-order chi connectivity index (χ1) is 9.50. The molecule has 0 fully saturated rings. The number of hydrogen-bond acceptors (Lipinski definition) is 4. The first kappa shape index (κ1) is 14.3. The van der Waals surface area contributed by atoms with Gasteiger partial charge in [-0.1, -0.05) is 6.07 Å². The monoisotopic (exact) mass is 293 g/mol. The highest BCUT2D eigenvalue weighted by atomic mass is 32.1. The van der Waals surface area contributed by atoms with E-state index in [0.29, 0.717) is 6.54 Å². The van der Waals surface area contributed by atoms with Gasteiger partial charge in [-0.05, 0) is 17.9 Å². The van der Waals surface area contributed by atoms with Crippen molar-refractivity contribution in [3.8, 4) is 0 Å². The Bertz CT molecular complexity index is 728. The first-order valence-electron chi connectivity index (χ1n) is 6.08. The van der Waals surface area contributed by atoms with E-state index in [1.807, 2.05) is 17.5 Å². The van der Waals surface area contributed by atoms with Gasteiger partial charge in [0.2, 0.25) is 0 Å². The molecule has 7 heteroatoms. The lowest BCUT2D eigenvalue weighted by atomic mass is 10.3. The third kappa shape index (κ3) is 2.88. The molecule has 0 aromatic carbocycles. The minimum absolute atomic E-state index is 0.0734. The van der Waals surface area contributed by atoms with Crippen LogP contribution < -0.4 is 16.6 Å². The van der Waals surface area contributed by atoms with Gasteiger partial charge in [0.05, 0.1) is 0 Å². The molecule has 0 radical (unpaired) electrons. The molecule has 0 aliphatic carbocycles. The van der Waals surface area contributed by atoms with Crippen molar-refractivity contribution in [3.63, 3.8) is 0 Å². The second-order valence-corrected chi connectivity index (χ2v) is 5.39. The van der Waals surface area contributed by atoms with Crippen molar-refractivity contribution in [2.45, 2.75) is 6.42 Å². The molecule has 2 aromatic rings.